The van der Waals surface area contributed by atoms with Crippen molar-refractivity contribution in [3.8, 4) is 5.75 Å². The highest BCUT2D eigenvalue weighted by Gasteiger charge is 2.20. The van der Waals surface area contributed by atoms with Crippen LogP contribution in [-0.4, -0.2) is 12.2 Å². The molecule has 1 N–H and O–H groups in total. The minimum atomic E-state index is -1.23. The number of rotatable bonds is 3. The van der Waals surface area contributed by atoms with Crippen LogP contribution in [0.15, 0.2) is 34.8 Å². The Balaban J connectivity index is 2.52. The molecule has 2 rings (SSSR count). The quantitative estimate of drug-likeness (QED) is 0.908. The minimum absolute atomic E-state index is 0.118. The van der Waals surface area contributed by atoms with Gasteiger partial charge in [0.2, 0.25) is 0 Å². The third-order valence-electron chi connectivity index (χ3n) is 3.02. The Hall–Kier alpha value is -1.46. The van der Waals surface area contributed by atoms with Crippen molar-refractivity contribution in [2.45, 2.75) is 13.0 Å². The van der Waals surface area contributed by atoms with Crippen LogP contribution in [0, 0.1) is 18.6 Å². The minimum Gasteiger partial charge on any atom is -0.496 e. The largest absolute Gasteiger partial charge is 0.496 e. The van der Waals surface area contributed by atoms with Crippen LogP contribution in [0.1, 0.15) is 22.8 Å². The van der Waals surface area contributed by atoms with Gasteiger partial charge in [-0.1, -0.05) is 12.1 Å². The Morgan fingerprint density at radius 1 is 1.10 bits per heavy atom. The van der Waals surface area contributed by atoms with Gasteiger partial charge in [0.05, 0.1) is 11.6 Å². The topological polar surface area (TPSA) is 29.5 Å². The first-order valence-corrected chi connectivity index (χ1v) is 6.70. The van der Waals surface area contributed by atoms with E-state index in [9.17, 15) is 13.9 Å². The molecular weight excluding hydrogens is 330 g/mol. The first kappa shape index (κ1) is 14.9. The van der Waals surface area contributed by atoms with Gasteiger partial charge in [-0.25, -0.2) is 8.78 Å². The molecule has 2 aromatic carbocycles. The van der Waals surface area contributed by atoms with E-state index in [0.717, 1.165) is 11.6 Å². The van der Waals surface area contributed by atoms with Crippen LogP contribution in [0.2, 0.25) is 0 Å². The summed E-state index contributed by atoms with van der Waals surface area (Å²) in [6.07, 6.45) is -1.23. The Labute approximate surface area is 124 Å². The van der Waals surface area contributed by atoms with Crippen molar-refractivity contribution in [3.63, 3.8) is 0 Å². The van der Waals surface area contributed by atoms with Gasteiger partial charge in [-0.2, -0.15) is 0 Å². The molecule has 0 amide bonds. The zero-order valence-corrected chi connectivity index (χ0v) is 12.5. The summed E-state index contributed by atoms with van der Waals surface area (Å²) in [4.78, 5) is 0. The lowest BCUT2D eigenvalue weighted by atomic mass is 9.99. The Morgan fingerprint density at radius 3 is 2.40 bits per heavy atom. The van der Waals surface area contributed by atoms with E-state index in [1.165, 1.54) is 25.3 Å². The highest BCUT2D eigenvalue weighted by atomic mass is 79.9. The predicted molar refractivity (Wildman–Crippen MR) is 75.9 cm³/mol. The monoisotopic (exact) mass is 342 g/mol. The maximum absolute atomic E-state index is 13.9. The van der Waals surface area contributed by atoms with Gasteiger partial charge in [0, 0.05) is 17.2 Å². The molecule has 5 heteroatoms. The first-order chi connectivity index (χ1) is 9.43. The molecule has 0 spiro atoms. The zero-order valence-electron chi connectivity index (χ0n) is 11.0. The van der Waals surface area contributed by atoms with Gasteiger partial charge in [0.15, 0.2) is 0 Å². The second kappa shape index (κ2) is 5.89. The van der Waals surface area contributed by atoms with Crippen LogP contribution in [0.5, 0.6) is 5.75 Å². The lowest BCUT2D eigenvalue weighted by molar-refractivity contribution is 0.209. The number of benzene rings is 2. The smallest absolute Gasteiger partial charge is 0.141 e. The third-order valence-corrected chi connectivity index (χ3v) is 3.63. The molecule has 0 heterocycles. The molecule has 0 fully saturated rings. The molecule has 0 radical (unpaired) electrons. The van der Waals surface area contributed by atoms with Gasteiger partial charge in [0.1, 0.15) is 23.5 Å². The Morgan fingerprint density at radius 2 is 1.80 bits per heavy atom. The van der Waals surface area contributed by atoms with Crippen LogP contribution in [0.25, 0.3) is 0 Å². The molecule has 106 valence electrons. The summed E-state index contributed by atoms with van der Waals surface area (Å²) in [6, 6.07) is 7.08. The molecule has 0 saturated carbocycles. The number of hydrogen-bond donors (Lipinski definition) is 1. The van der Waals surface area contributed by atoms with E-state index >= 15 is 0 Å². The predicted octanol–water partition coefficient (Wildman–Crippen LogP) is 4.13. The van der Waals surface area contributed by atoms with E-state index < -0.39 is 17.7 Å². The third kappa shape index (κ3) is 2.83. The number of ether oxygens (including phenoxy) is 1. The number of methoxy groups -OCH3 is 1. The molecule has 20 heavy (non-hydrogen) atoms. The molecule has 1 unspecified atom stereocenters. The second-order valence-electron chi connectivity index (χ2n) is 4.44. The van der Waals surface area contributed by atoms with Gasteiger partial charge >= 0.3 is 0 Å². The van der Waals surface area contributed by atoms with Crippen LogP contribution < -0.4 is 4.74 Å². The maximum atomic E-state index is 13.9. The standard InChI is InChI=1S/C15H13BrF2O2/c1-8-3-4-9(12(17)5-8)15(19)10-6-11(16)13(18)7-14(10)20-2/h3-7,15,19H,1-2H3. The molecule has 2 aromatic rings. The molecule has 0 saturated heterocycles. The van der Waals surface area contributed by atoms with E-state index in [1.807, 2.05) is 0 Å². The number of hydrogen-bond acceptors (Lipinski definition) is 2. The number of halogens is 3. The van der Waals surface area contributed by atoms with Gasteiger partial charge < -0.3 is 9.84 Å². The normalized spacial score (nSPS) is 12.3. The number of aliphatic hydroxyl groups is 1. The summed E-state index contributed by atoms with van der Waals surface area (Å²) < 4.78 is 32.6. The number of aryl methyl sites for hydroxylation is 1. The summed E-state index contributed by atoms with van der Waals surface area (Å²) in [6.45, 7) is 1.76. The summed E-state index contributed by atoms with van der Waals surface area (Å²) in [7, 11) is 1.37. The van der Waals surface area contributed by atoms with Gasteiger partial charge in [0.25, 0.3) is 0 Å². The Kier molecular flexibility index (Phi) is 4.40. The maximum Gasteiger partial charge on any atom is 0.141 e. The molecule has 0 aliphatic carbocycles. The van der Waals surface area contributed by atoms with E-state index in [-0.39, 0.29) is 15.8 Å². The average Bonchev–Trinajstić information content (AvgIpc) is 2.40. The molecule has 0 aliphatic heterocycles. The van der Waals surface area contributed by atoms with Gasteiger partial charge in [-0.05, 0) is 40.5 Å². The fraction of sp³-hybridized carbons (Fsp3) is 0.200. The molecule has 0 aromatic heterocycles. The van der Waals surface area contributed by atoms with Gasteiger partial charge in [-0.3, -0.25) is 0 Å². The molecular formula is C15H13BrF2O2. The zero-order chi connectivity index (χ0) is 14.9. The lowest BCUT2D eigenvalue weighted by Crippen LogP contribution is -2.06. The van der Waals surface area contributed by atoms with E-state index in [1.54, 1.807) is 13.0 Å². The summed E-state index contributed by atoms with van der Waals surface area (Å²) in [5.41, 5.74) is 1.17. The average molecular weight is 343 g/mol. The highest BCUT2D eigenvalue weighted by Crippen LogP contribution is 2.35. The van der Waals surface area contributed by atoms with Crippen molar-refractivity contribution >= 4 is 15.9 Å². The lowest BCUT2D eigenvalue weighted by Gasteiger charge is -2.17. The second-order valence-corrected chi connectivity index (χ2v) is 5.29. The van der Waals surface area contributed by atoms with Crippen LogP contribution in [0.4, 0.5) is 8.78 Å². The molecule has 0 bridgehead atoms. The van der Waals surface area contributed by atoms with Crippen molar-refractivity contribution < 1.29 is 18.6 Å². The van der Waals surface area contributed by atoms with Crippen molar-refractivity contribution in [2.24, 2.45) is 0 Å². The van der Waals surface area contributed by atoms with Crippen molar-refractivity contribution in [3.05, 3.63) is 63.1 Å². The molecule has 2 nitrogen and oxygen atoms in total. The molecule has 0 aliphatic rings. The van der Waals surface area contributed by atoms with Crippen LogP contribution in [0.3, 0.4) is 0 Å². The van der Waals surface area contributed by atoms with Crippen molar-refractivity contribution in [1.29, 1.82) is 0 Å². The summed E-state index contributed by atoms with van der Waals surface area (Å²) >= 11 is 3.04. The van der Waals surface area contributed by atoms with Crippen LogP contribution >= 0.6 is 15.9 Å². The summed E-state index contributed by atoms with van der Waals surface area (Å²) in [5.74, 6) is -0.861. The molecule has 1 atom stereocenters. The Bertz CT molecular complexity index is 644. The van der Waals surface area contributed by atoms with Crippen molar-refractivity contribution in [2.75, 3.05) is 7.11 Å². The fourth-order valence-corrected chi connectivity index (χ4v) is 2.32. The fourth-order valence-electron chi connectivity index (χ4n) is 1.96. The van der Waals surface area contributed by atoms with E-state index in [0.29, 0.717) is 5.56 Å². The van der Waals surface area contributed by atoms with E-state index in [4.69, 9.17) is 4.74 Å². The van der Waals surface area contributed by atoms with E-state index in [2.05, 4.69) is 15.9 Å². The van der Waals surface area contributed by atoms with Crippen LogP contribution in [-0.2, 0) is 0 Å². The summed E-state index contributed by atoms with van der Waals surface area (Å²) in [5, 5.41) is 10.3. The highest BCUT2D eigenvalue weighted by molar-refractivity contribution is 9.10. The number of aliphatic hydroxyl groups excluding tert-OH is 1. The first-order valence-electron chi connectivity index (χ1n) is 5.91. The SMILES string of the molecule is COc1cc(F)c(Br)cc1C(O)c1ccc(C)cc1F. The van der Waals surface area contributed by atoms with Crippen molar-refractivity contribution in [1.82, 2.24) is 0 Å². The van der Waals surface area contributed by atoms with Gasteiger partial charge in [-0.15, -0.1) is 0 Å².